The van der Waals surface area contributed by atoms with E-state index in [0.29, 0.717) is 12.0 Å². The van der Waals surface area contributed by atoms with Gasteiger partial charge in [0.05, 0.1) is 0 Å². The van der Waals surface area contributed by atoms with Crippen LogP contribution in [0.25, 0.3) is 0 Å². The zero-order valence-electron chi connectivity index (χ0n) is 3.18. The molecule has 0 aliphatic heterocycles. The first-order valence-corrected chi connectivity index (χ1v) is 2.08. The van der Waals surface area contributed by atoms with E-state index >= 15 is 0 Å². The lowest BCUT2D eigenvalue weighted by atomic mass is 10.6. The molecule has 0 bridgehead atoms. The van der Waals surface area contributed by atoms with Crippen LogP contribution in [0.2, 0.25) is 0 Å². The van der Waals surface area contributed by atoms with E-state index in [-0.39, 0.29) is 0 Å². The molecule has 0 fully saturated rings. The lowest BCUT2D eigenvalue weighted by Gasteiger charge is -1.61. The van der Waals surface area contributed by atoms with E-state index in [2.05, 4.69) is 18.7 Å². The third kappa shape index (κ3) is 3.76. The van der Waals surface area contributed by atoms with Crippen molar-refractivity contribution in [1.82, 2.24) is 0 Å². The number of hydrogen-bond acceptors (Lipinski definition) is 1. The molecule has 2 radical (unpaired) electrons. The summed E-state index contributed by atoms with van der Waals surface area (Å²) in [6.07, 6.45) is 4.45. The number of carbonyl (C=O) groups excluding carboxylic acids is 1. The minimum Gasteiger partial charge on any atom is -0.299 e. The monoisotopic (exact) mass is 100.0 g/mol. The fourth-order valence-electron chi connectivity index (χ4n) is 0.0962. The van der Waals surface area contributed by atoms with Crippen molar-refractivity contribution < 1.29 is 4.79 Å². The molecule has 0 saturated heterocycles. The van der Waals surface area contributed by atoms with Crippen LogP contribution in [0.15, 0.2) is 6.08 Å². The van der Waals surface area contributed by atoms with Crippen molar-refractivity contribution in [3.8, 4) is 0 Å². The van der Waals surface area contributed by atoms with Gasteiger partial charge in [-0.2, -0.15) is 0 Å². The number of rotatable bonds is 2. The number of allylic oxidation sites excluding steroid dienone is 1. The van der Waals surface area contributed by atoms with Crippen LogP contribution in [0.5, 0.6) is 0 Å². The van der Waals surface area contributed by atoms with Gasteiger partial charge in [-0.25, -0.2) is 0 Å². The summed E-state index contributed by atoms with van der Waals surface area (Å²) in [5.74, 6) is 0.402. The molecule has 0 aliphatic carbocycles. The molecule has 0 rings (SSSR count). The van der Waals surface area contributed by atoms with Crippen LogP contribution in [0.4, 0.5) is 0 Å². The highest BCUT2D eigenvalue weighted by atomic mass is 32.1. The highest BCUT2D eigenvalue weighted by molar-refractivity contribution is 7.80. The van der Waals surface area contributed by atoms with Crippen LogP contribution in [0, 0.1) is 6.08 Å². The Morgan fingerprint density at radius 2 is 2.50 bits per heavy atom. The molecule has 0 aromatic heterocycles. The summed E-state index contributed by atoms with van der Waals surface area (Å²) in [4.78, 5) is 9.40. The van der Waals surface area contributed by atoms with E-state index in [1.54, 1.807) is 0 Å². The second-order valence-corrected chi connectivity index (χ2v) is 0.940. The van der Waals surface area contributed by atoms with E-state index in [1.807, 2.05) is 0 Å². The standard InChI is InChI=1S/C4H4OS/c5-3-1-2-4-6/h1,3H,4H2. The zero-order chi connectivity index (χ0) is 4.83. The molecule has 0 aromatic carbocycles. The Bertz CT molecular complexity index is 58.6. The fraction of sp³-hybridized carbons (Fsp3) is 0.250. The molecule has 0 spiro atoms. The van der Waals surface area contributed by atoms with Crippen molar-refractivity contribution in [2.75, 3.05) is 5.75 Å². The molecule has 0 aliphatic rings. The SMILES string of the molecule is O=C/C=[C]/C[S]. The first kappa shape index (κ1) is 5.76. The Morgan fingerprint density at radius 3 is 2.67 bits per heavy atom. The van der Waals surface area contributed by atoms with Gasteiger partial charge in [-0.05, 0) is 12.2 Å². The Labute approximate surface area is 42.5 Å². The topological polar surface area (TPSA) is 17.1 Å². The van der Waals surface area contributed by atoms with E-state index in [9.17, 15) is 4.79 Å². The molecule has 0 aromatic rings. The Kier molecular flexibility index (Phi) is 4.57. The van der Waals surface area contributed by atoms with Crippen molar-refractivity contribution in [2.45, 2.75) is 0 Å². The normalized spacial score (nSPS) is 9.50. The van der Waals surface area contributed by atoms with Gasteiger partial charge >= 0.3 is 0 Å². The highest BCUT2D eigenvalue weighted by Gasteiger charge is 1.61. The molecule has 0 amide bonds. The molecule has 0 heterocycles. The minimum absolute atomic E-state index is 0.402. The van der Waals surface area contributed by atoms with E-state index in [4.69, 9.17) is 0 Å². The van der Waals surface area contributed by atoms with Gasteiger partial charge in [-0.15, -0.1) is 0 Å². The van der Waals surface area contributed by atoms with Gasteiger partial charge < -0.3 is 0 Å². The molecule has 32 valence electrons. The van der Waals surface area contributed by atoms with Gasteiger partial charge in [-0.1, -0.05) is 12.6 Å². The predicted molar refractivity (Wildman–Crippen MR) is 26.3 cm³/mol. The maximum atomic E-state index is 9.40. The van der Waals surface area contributed by atoms with Gasteiger partial charge in [0.25, 0.3) is 0 Å². The van der Waals surface area contributed by atoms with Crippen LogP contribution in [0.1, 0.15) is 0 Å². The first-order valence-electron chi connectivity index (χ1n) is 1.50. The summed E-state index contributed by atoms with van der Waals surface area (Å²) in [5.41, 5.74) is 0. The molecular formula is C4H4OS. The molecule has 0 unspecified atom stereocenters. The Morgan fingerprint density at radius 1 is 1.83 bits per heavy atom. The molecule has 1 nitrogen and oxygen atoms in total. The van der Waals surface area contributed by atoms with Crippen LogP contribution in [0.3, 0.4) is 0 Å². The second kappa shape index (κ2) is 4.76. The fourth-order valence-corrected chi connectivity index (χ4v) is 0.192. The van der Waals surface area contributed by atoms with Crippen LogP contribution in [-0.4, -0.2) is 12.0 Å². The minimum atomic E-state index is 0.402. The van der Waals surface area contributed by atoms with Crippen LogP contribution < -0.4 is 0 Å². The second-order valence-electron chi connectivity index (χ2n) is 0.651. The summed E-state index contributed by atoms with van der Waals surface area (Å²) in [7, 11) is 0. The van der Waals surface area contributed by atoms with Gasteiger partial charge in [0.15, 0.2) is 0 Å². The third-order valence-corrected chi connectivity index (χ3v) is 0.436. The average Bonchev–Trinajstić information content (AvgIpc) is 1.61. The molecular weight excluding hydrogens is 96.1 g/mol. The summed E-state index contributed by atoms with van der Waals surface area (Å²) >= 11 is 4.42. The Balaban J connectivity index is 2.94. The Hall–Kier alpha value is -0.240. The maximum absolute atomic E-state index is 9.40. The number of hydrogen-bond donors (Lipinski definition) is 0. The van der Waals surface area contributed by atoms with E-state index in [1.165, 1.54) is 6.08 Å². The molecule has 2 heteroatoms. The molecule has 0 atom stereocenters. The summed E-state index contributed by atoms with van der Waals surface area (Å²) in [6.45, 7) is 0. The van der Waals surface area contributed by atoms with Crippen molar-refractivity contribution in [1.29, 1.82) is 0 Å². The third-order valence-electron chi connectivity index (χ3n) is 0.269. The van der Waals surface area contributed by atoms with E-state index < -0.39 is 0 Å². The van der Waals surface area contributed by atoms with Gasteiger partial charge in [0.2, 0.25) is 0 Å². The van der Waals surface area contributed by atoms with Crippen molar-refractivity contribution >= 4 is 18.9 Å². The average molecular weight is 100 g/mol. The lowest BCUT2D eigenvalue weighted by molar-refractivity contribution is -0.104. The van der Waals surface area contributed by atoms with Gasteiger partial charge in [0.1, 0.15) is 6.29 Å². The lowest BCUT2D eigenvalue weighted by Crippen LogP contribution is -1.61. The number of carbonyl (C=O) groups is 1. The summed E-state index contributed by atoms with van der Waals surface area (Å²) in [6, 6.07) is 0. The maximum Gasteiger partial charge on any atom is 0.143 e. The van der Waals surface area contributed by atoms with Crippen LogP contribution in [-0.2, 0) is 4.79 Å². The van der Waals surface area contributed by atoms with Crippen molar-refractivity contribution in [3.63, 3.8) is 0 Å². The van der Waals surface area contributed by atoms with E-state index in [0.717, 1.165) is 0 Å². The summed E-state index contributed by atoms with van der Waals surface area (Å²) < 4.78 is 0. The molecule has 0 N–H and O–H groups in total. The van der Waals surface area contributed by atoms with Crippen molar-refractivity contribution in [3.05, 3.63) is 12.2 Å². The first-order chi connectivity index (χ1) is 2.91. The highest BCUT2D eigenvalue weighted by Crippen LogP contribution is 1.69. The number of aldehydes is 1. The zero-order valence-corrected chi connectivity index (χ0v) is 3.99. The van der Waals surface area contributed by atoms with Crippen LogP contribution >= 0.6 is 12.6 Å². The smallest absolute Gasteiger partial charge is 0.143 e. The predicted octanol–water partition coefficient (Wildman–Crippen LogP) is 0.742. The van der Waals surface area contributed by atoms with Gasteiger partial charge in [-0.3, -0.25) is 4.79 Å². The molecule has 0 saturated carbocycles. The molecule has 6 heavy (non-hydrogen) atoms. The van der Waals surface area contributed by atoms with Crippen molar-refractivity contribution in [2.24, 2.45) is 0 Å². The largest absolute Gasteiger partial charge is 0.299 e. The quantitative estimate of drug-likeness (QED) is 0.369. The summed E-state index contributed by atoms with van der Waals surface area (Å²) in [5, 5.41) is 0. The van der Waals surface area contributed by atoms with Gasteiger partial charge in [0, 0.05) is 5.75 Å².